The van der Waals surface area contributed by atoms with E-state index in [0.717, 1.165) is 0 Å². The van der Waals surface area contributed by atoms with E-state index in [-0.39, 0.29) is 26.4 Å². The van der Waals surface area contributed by atoms with Gasteiger partial charge >= 0.3 is 17.5 Å². The van der Waals surface area contributed by atoms with E-state index < -0.39 is 17.5 Å². The summed E-state index contributed by atoms with van der Waals surface area (Å²) in [7, 11) is -7.77. The van der Waals surface area contributed by atoms with E-state index in [9.17, 15) is 8.42 Å². The highest BCUT2D eigenvalue weighted by molar-refractivity contribution is 8.16. The van der Waals surface area contributed by atoms with Crippen molar-refractivity contribution in [1.29, 1.82) is 0 Å². The van der Waals surface area contributed by atoms with Crippen molar-refractivity contribution in [1.82, 2.24) is 0 Å². The predicted octanol–water partition coefficient (Wildman–Crippen LogP) is 1.29. The van der Waals surface area contributed by atoms with Gasteiger partial charge in [0.2, 0.25) is 0 Å². The first-order chi connectivity index (χ1) is 7.99. The van der Waals surface area contributed by atoms with E-state index in [1.54, 1.807) is 20.8 Å². The lowest BCUT2D eigenvalue weighted by molar-refractivity contribution is 0.0880. The summed E-state index contributed by atoms with van der Waals surface area (Å²) >= 11 is 0. The minimum Gasteiger partial charge on any atom is -0.361 e. The van der Waals surface area contributed by atoms with Crippen LogP contribution in [0.25, 0.3) is 0 Å². The molecule has 104 valence electrons. The molecule has 0 amide bonds. The molecule has 8 heteroatoms. The summed E-state index contributed by atoms with van der Waals surface area (Å²) in [6.45, 7) is 7.58. The topological polar surface area (TPSA) is 71.1 Å². The second-order valence-electron chi connectivity index (χ2n) is 3.08. The molecule has 6 nitrogen and oxygen atoms in total. The maximum atomic E-state index is 12.0. The van der Waals surface area contributed by atoms with Crippen molar-refractivity contribution < 1.29 is 25.9 Å². The van der Waals surface area contributed by atoms with Crippen molar-refractivity contribution in [3.63, 3.8) is 0 Å². The van der Waals surface area contributed by atoms with E-state index in [1.165, 1.54) is 0 Å². The fourth-order valence-corrected chi connectivity index (χ4v) is 6.45. The summed E-state index contributed by atoms with van der Waals surface area (Å²) in [4.78, 5) is 0. The summed E-state index contributed by atoms with van der Waals surface area (Å²) in [6.07, 6.45) is 0.591. The van der Waals surface area contributed by atoms with Crippen molar-refractivity contribution in [2.24, 2.45) is 0 Å². The zero-order chi connectivity index (χ0) is 13.4. The molecular weight excluding hydrogens is 264 g/mol. The Morgan fingerprint density at radius 2 is 1.29 bits per heavy atom. The van der Waals surface area contributed by atoms with Crippen LogP contribution in [0, 0.1) is 0 Å². The number of hydrogen-bond acceptors (Lipinski definition) is 6. The molecule has 0 unspecified atom stereocenters. The molecular formula is C9H22O6SSi. The SMILES string of the molecule is CCCOS(=O)(=O)[Si](OCC)(OCC)OCC. The lowest BCUT2D eigenvalue weighted by Crippen LogP contribution is -2.54. The molecule has 0 aliphatic heterocycles. The van der Waals surface area contributed by atoms with Gasteiger partial charge < -0.3 is 13.3 Å². The van der Waals surface area contributed by atoms with Crippen LogP contribution in [0.15, 0.2) is 0 Å². The van der Waals surface area contributed by atoms with Crippen LogP contribution in [0.5, 0.6) is 0 Å². The molecule has 0 radical (unpaired) electrons. The van der Waals surface area contributed by atoms with Crippen LogP contribution < -0.4 is 0 Å². The number of hydrogen-bond donors (Lipinski definition) is 0. The van der Waals surface area contributed by atoms with Gasteiger partial charge in [-0.25, -0.2) is 0 Å². The summed E-state index contributed by atoms with van der Waals surface area (Å²) in [5.41, 5.74) is 0. The highest BCUT2D eigenvalue weighted by Gasteiger charge is 2.58. The number of rotatable bonds is 10. The standard InChI is InChI=1S/C9H22O6SSi/c1-5-9-12-16(10,11)17(13-6-2,14-7-3)15-8-4/h5-9H2,1-4H3. The molecule has 17 heavy (non-hydrogen) atoms. The smallest absolute Gasteiger partial charge is 0.361 e. The quantitative estimate of drug-likeness (QED) is 0.564. The van der Waals surface area contributed by atoms with Gasteiger partial charge in [-0.15, -0.1) is 0 Å². The van der Waals surface area contributed by atoms with Crippen molar-refractivity contribution in [3.05, 3.63) is 0 Å². The molecule has 0 aromatic carbocycles. The fraction of sp³-hybridized carbons (Fsp3) is 1.00. The third kappa shape index (κ3) is 4.64. The Hall–Kier alpha value is 0.00688. The van der Waals surface area contributed by atoms with E-state index in [1.807, 2.05) is 6.92 Å². The van der Waals surface area contributed by atoms with Crippen molar-refractivity contribution >= 4 is 17.5 Å². The Labute approximate surface area is 104 Å². The summed E-state index contributed by atoms with van der Waals surface area (Å²) in [5, 5.41) is 0. The van der Waals surface area contributed by atoms with Gasteiger partial charge in [-0.1, -0.05) is 6.92 Å². The van der Waals surface area contributed by atoms with Crippen molar-refractivity contribution in [2.75, 3.05) is 26.4 Å². The third-order valence-corrected chi connectivity index (χ3v) is 7.98. The zero-order valence-corrected chi connectivity index (χ0v) is 12.7. The maximum Gasteiger partial charge on any atom is 0.667 e. The Morgan fingerprint density at radius 1 is 0.882 bits per heavy atom. The average molecular weight is 286 g/mol. The van der Waals surface area contributed by atoms with Gasteiger partial charge in [0, 0.05) is 19.8 Å². The van der Waals surface area contributed by atoms with Crippen LogP contribution in [0.2, 0.25) is 0 Å². The van der Waals surface area contributed by atoms with Crippen LogP contribution >= 0.6 is 0 Å². The van der Waals surface area contributed by atoms with Crippen LogP contribution in [-0.2, 0) is 27.0 Å². The normalized spacial score (nSPS) is 12.9. The van der Waals surface area contributed by atoms with Crippen LogP contribution in [-0.4, -0.2) is 42.8 Å². The predicted molar refractivity (Wildman–Crippen MR) is 65.8 cm³/mol. The van der Waals surface area contributed by atoms with Gasteiger partial charge in [0.15, 0.2) is 0 Å². The Balaban J connectivity index is 5.08. The Morgan fingerprint density at radius 3 is 1.59 bits per heavy atom. The van der Waals surface area contributed by atoms with E-state index in [0.29, 0.717) is 6.42 Å². The molecule has 0 rings (SSSR count). The first kappa shape index (κ1) is 17.0. The molecule has 0 fully saturated rings. The lowest BCUT2D eigenvalue weighted by atomic mass is 10.5. The molecule has 0 spiro atoms. The zero-order valence-electron chi connectivity index (χ0n) is 10.9. The largest absolute Gasteiger partial charge is 0.667 e. The van der Waals surface area contributed by atoms with Gasteiger partial charge in [-0.3, -0.25) is 4.18 Å². The molecule has 0 saturated heterocycles. The van der Waals surface area contributed by atoms with Gasteiger partial charge in [-0.2, -0.15) is 8.42 Å². The van der Waals surface area contributed by atoms with Crippen molar-refractivity contribution in [2.45, 2.75) is 34.1 Å². The summed E-state index contributed by atoms with van der Waals surface area (Å²) in [6, 6.07) is 0. The monoisotopic (exact) mass is 286 g/mol. The summed E-state index contributed by atoms with van der Waals surface area (Å²) in [5.74, 6) is 0. The Bertz CT molecular complexity index is 275. The van der Waals surface area contributed by atoms with E-state index >= 15 is 0 Å². The van der Waals surface area contributed by atoms with E-state index in [2.05, 4.69) is 0 Å². The minimum atomic E-state index is -3.96. The molecule has 0 heterocycles. The molecule has 0 N–H and O–H groups in total. The highest BCUT2D eigenvalue weighted by Crippen LogP contribution is 2.20. The molecule has 0 aromatic heterocycles. The average Bonchev–Trinajstić information content (AvgIpc) is 2.27. The highest BCUT2D eigenvalue weighted by atomic mass is 32.4. The molecule has 0 saturated carbocycles. The third-order valence-electron chi connectivity index (χ3n) is 1.71. The van der Waals surface area contributed by atoms with Crippen LogP contribution in [0.4, 0.5) is 0 Å². The lowest BCUT2D eigenvalue weighted by Gasteiger charge is -2.26. The van der Waals surface area contributed by atoms with Crippen molar-refractivity contribution in [3.8, 4) is 0 Å². The first-order valence-corrected chi connectivity index (χ1v) is 9.66. The van der Waals surface area contributed by atoms with Gasteiger partial charge in [-0.05, 0) is 27.2 Å². The second kappa shape index (κ2) is 8.17. The van der Waals surface area contributed by atoms with E-state index in [4.69, 9.17) is 17.5 Å². The minimum absolute atomic E-state index is 0.101. The molecule has 0 aromatic rings. The molecule has 0 atom stereocenters. The molecule has 0 aliphatic rings. The van der Waals surface area contributed by atoms with Gasteiger partial charge in [0.1, 0.15) is 0 Å². The van der Waals surface area contributed by atoms with Crippen LogP contribution in [0.1, 0.15) is 34.1 Å². The molecule has 0 aliphatic carbocycles. The fourth-order valence-electron chi connectivity index (χ4n) is 1.14. The molecule has 0 bridgehead atoms. The van der Waals surface area contributed by atoms with Gasteiger partial charge in [0.25, 0.3) is 0 Å². The Kier molecular flexibility index (Phi) is 8.17. The summed E-state index contributed by atoms with van der Waals surface area (Å²) < 4.78 is 44.7. The van der Waals surface area contributed by atoms with Crippen LogP contribution in [0.3, 0.4) is 0 Å². The second-order valence-corrected chi connectivity index (χ2v) is 9.09. The van der Waals surface area contributed by atoms with Gasteiger partial charge in [0.05, 0.1) is 6.61 Å². The first-order valence-electron chi connectivity index (χ1n) is 5.80. The maximum absolute atomic E-state index is 12.0.